The van der Waals surface area contributed by atoms with Crippen LogP contribution >= 0.6 is 11.6 Å². The molecule has 15 heavy (non-hydrogen) atoms. The van der Waals surface area contributed by atoms with Gasteiger partial charge in [-0.25, -0.2) is 4.79 Å². The predicted octanol–water partition coefficient (Wildman–Crippen LogP) is 2.95. The highest BCUT2D eigenvalue weighted by Gasteiger charge is 2.02. The Kier molecular flexibility index (Phi) is 2.47. The monoisotopic (exact) mass is 221 g/mol. The highest BCUT2D eigenvalue weighted by Crippen LogP contribution is 2.26. The first-order valence-electron chi connectivity index (χ1n) is 4.32. The summed E-state index contributed by atoms with van der Waals surface area (Å²) >= 11 is 5.98. The minimum absolute atomic E-state index is 0.414. The van der Waals surface area contributed by atoms with Crippen LogP contribution in [0, 0.1) is 0 Å². The van der Waals surface area contributed by atoms with Crippen molar-refractivity contribution >= 4 is 28.5 Å². The van der Waals surface area contributed by atoms with Crippen LogP contribution in [0.3, 0.4) is 0 Å². The molecule has 0 heterocycles. The second kappa shape index (κ2) is 3.79. The van der Waals surface area contributed by atoms with E-state index in [-0.39, 0.29) is 0 Å². The lowest BCUT2D eigenvalue weighted by Crippen LogP contribution is -2.16. The number of ether oxygens (including phenoxy) is 1. The maximum atomic E-state index is 10.5. The van der Waals surface area contributed by atoms with Crippen molar-refractivity contribution in [2.24, 2.45) is 5.73 Å². The molecule has 0 unspecified atom stereocenters. The first kappa shape index (κ1) is 9.80. The van der Waals surface area contributed by atoms with Crippen LogP contribution in [0.4, 0.5) is 4.79 Å². The van der Waals surface area contributed by atoms with Crippen molar-refractivity contribution in [3.63, 3.8) is 0 Å². The number of hydrogen-bond donors (Lipinski definition) is 1. The van der Waals surface area contributed by atoms with Crippen LogP contribution in [0.1, 0.15) is 0 Å². The SMILES string of the molecule is NC(=O)Oc1ccc2c(Cl)cccc2c1. The van der Waals surface area contributed by atoms with Gasteiger partial charge in [0.25, 0.3) is 0 Å². The number of fused-ring (bicyclic) bond motifs is 1. The summed E-state index contributed by atoms with van der Waals surface area (Å²) in [4.78, 5) is 10.5. The Morgan fingerprint density at radius 3 is 2.80 bits per heavy atom. The van der Waals surface area contributed by atoms with Crippen molar-refractivity contribution in [1.82, 2.24) is 0 Å². The lowest BCUT2D eigenvalue weighted by Gasteiger charge is -2.03. The Balaban J connectivity index is 2.52. The molecule has 2 aromatic carbocycles. The first-order valence-corrected chi connectivity index (χ1v) is 4.70. The molecular formula is C11H8ClNO2. The van der Waals surface area contributed by atoms with Crippen molar-refractivity contribution in [3.05, 3.63) is 41.4 Å². The summed E-state index contributed by atoms with van der Waals surface area (Å²) in [6.07, 6.45) is -0.823. The summed E-state index contributed by atoms with van der Waals surface area (Å²) in [5, 5.41) is 2.48. The predicted molar refractivity (Wildman–Crippen MR) is 59.2 cm³/mol. The van der Waals surface area contributed by atoms with Crippen LogP contribution in [0.15, 0.2) is 36.4 Å². The summed E-state index contributed by atoms with van der Waals surface area (Å²) in [7, 11) is 0. The van der Waals surface area contributed by atoms with Crippen LogP contribution in [0.5, 0.6) is 5.75 Å². The normalized spacial score (nSPS) is 10.2. The van der Waals surface area contributed by atoms with Crippen LogP contribution in [-0.4, -0.2) is 6.09 Å². The molecule has 0 aliphatic heterocycles. The van der Waals surface area contributed by atoms with E-state index in [9.17, 15) is 4.79 Å². The van der Waals surface area contributed by atoms with Gasteiger partial charge < -0.3 is 10.5 Å². The van der Waals surface area contributed by atoms with Gasteiger partial charge in [-0.2, -0.15) is 0 Å². The number of carbonyl (C=O) groups is 1. The van der Waals surface area contributed by atoms with Crippen LogP contribution in [0.25, 0.3) is 10.8 Å². The number of benzene rings is 2. The van der Waals surface area contributed by atoms with E-state index in [0.29, 0.717) is 10.8 Å². The van der Waals surface area contributed by atoms with Crippen molar-refractivity contribution < 1.29 is 9.53 Å². The molecule has 0 fully saturated rings. The second-order valence-electron chi connectivity index (χ2n) is 3.04. The highest BCUT2D eigenvalue weighted by atomic mass is 35.5. The number of rotatable bonds is 1. The van der Waals surface area contributed by atoms with E-state index >= 15 is 0 Å². The van der Waals surface area contributed by atoms with E-state index < -0.39 is 6.09 Å². The molecule has 0 spiro atoms. The minimum atomic E-state index is -0.823. The average Bonchev–Trinajstić information content (AvgIpc) is 2.17. The van der Waals surface area contributed by atoms with Gasteiger partial charge in [0.1, 0.15) is 5.75 Å². The third-order valence-corrected chi connectivity index (χ3v) is 2.35. The van der Waals surface area contributed by atoms with Crippen molar-refractivity contribution in [2.75, 3.05) is 0 Å². The molecule has 3 nitrogen and oxygen atoms in total. The fourth-order valence-corrected chi connectivity index (χ4v) is 1.65. The summed E-state index contributed by atoms with van der Waals surface area (Å²) in [6, 6.07) is 10.7. The van der Waals surface area contributed by atoms with E-state index in [0.717, 1.165) is 10.8 Å². The smallest absolute Gasteiger partial charge is 0.409 e. The maximum absolute atomic E-state index is 10.5. The fourth-order valence-electron chi connectivity index (χ4n) is 1.40. The molecule has 4 heteroatoms. The van der Waals surface area contributed by atoms with E-state index in [1.807, 2.05) is 12.1 Å². The van der Waals surface area contributed by atoms with Gasteiger partial charge in [0.15, 0.2) is 0 Å². The molecule has 0 aromatic heterocycles. The molecule has 1 amide bonds. The number of nitrogens with two attached hydrogens (primary N) is 1. The van der Waals surface area contributed by atoms with Gasteiger partial charge >= 0.3 is 6.09 Å². The van der Waals surface area contributed by atoms with Crippen molar-refractivity contribution in [2.45, 2.75) is 0 Å². The molecule has 0 saturated carbocycles. The Morgan fingerprint density at radius 2 is 2.07 bits per heavy atom. The molecule has 2 rings (SSSR count). The first-order chi connectivity index (χ1) is 7.16. The standard InChI is InChI=1S/C11H8ClNO2/c12-10-3-1-2-7-6-8(15-11(13)14)4-5-9(7)10/h1-6H,(H2,13,14). The summed E-state index contributed by atoms with van der Waals surface area (Å²) in [6.45, 7) is 0. The van der Waals surface area contributed by atoms with Crippen LogP contribution < -0.4 is 10.5 Å². The molecule has 0 aliphatic carbocycles. The van der Waals surface area contributed by atoms with E-state index in [1.165, 1.54) is 0 Å². The molecule has 76 valence electrons. The van der Waals surface area contributed by atoms with Crippen molar-refractivity contribution in [3.8, 4) is 5.75 Å². The van der Waals surface area contributed by atoms with Gasteiger partial charge in [0.2, 0.25) is 0 Å². The zero-order valence-corrected chi connectivity index (χ0v) is 8.49. The van der Waals surface area contributed by atoms with Crippen LogP contribution in [-0.2, 0) is 0 Å². The maximum Gasteiger partial charge on any atom is 0.409 e. The van der Waals surface area contributed by atoms with E-state index in [1.54, 1.807) is 24.3 Å². The van der Waals surface area contributed by atoms with Gasteiger partial charge in [-0.05, 0) is 29.7 Å². The molecule has 2 N–H and O–H groups in total. The van der Waals surface area contributed by atoms with Gasteiger partial charge in [-0.3, -0.25) is 0 Å². The lowest BCUT2D eigenvalue weighted by atomic mass is 10.1. The fraction of sp³-hybridized carbons (Fsp3) is 0. The number of primary amides is 1. The molecular weight excluding hydrogens is 214 g/mol. The van der Waals surface area contributed by atoms with Gasteiger partial charge in [0.05, 0.1) is 0 Å². The van der Waals surface area contributed by atoms with Gasteiger partial charge in [-0.15, -0.1) is 0 Å². The van der Waals surface area contributed by atoms with E-state index in [4.69, 9.17) is 22.1 Å². The second-order valence-corrected chi connectivity index (χ2v) is 3.45. The Morgan fingerprint density at radius 1 is 1.27 bits per heavy atom. The third kappa shape index (κ3) is 2.02. The molecule has 0 aliphatic rings. The number of amides is 1. The highest BCUT2D eigenvalue weighted by molar-refractivity contribution is 6.35. The van der Waals surface area contributed by atoms with Gasteiger partial charge in [0, 0.05) is 10.4 Å². The Bertz CT molecular complexity index is 525. The number of halogens is 1. The summed E-state index contributed by atoms with van der Waals surface area (Å²) in [5.74, 6) is 0.414. The summed E-state index contributed by atoms with van der Waals surface area (Å²) in [5.41, 5.74) is 4.91. The van der Waals surface area contributed by atoms with Gasteiger partial charge in [-0.1, -0.05) is 23.7 Å². The Hall–Kier alpha value is -1.74. The third-order valence-electron chi connectivity index (χ3n) is 2.02. The number of carbonyl (C=O) groups excluding carboxylic acids is 1. The zero-order valence-electron chi connectivity index (χ0n) is 7.74. The van der Waals surface area contributed by atoms with Crippen molar-refractivity contribution in [1.29, 1.82) is 0 Å². The minimum Gasteiger partial charge on any atom is -0.410 e. The Labute approximate surface area is 91.4 Å². The largest absolute Gasteiger partial charge is 0.410 e. The molecule has 2 aromatic rings. The quantitative estimate of drug-likeness (QED) is 0.805. The molecule has 0 radical (unpaired) electrons. The van der Waals surface area contributed by atoms with Crippen LogP contribution in [0.2, 0.25) is 5.02 Å². The topological polar surface area (TPSA) is 52.3 Å². The lowest BCUT2D eigenvalue weighted by molar-refractivity contribution is 0.211. The summed E-state index contributed by atoms with van der Waals surface area (Å²) < 4.78 is 4.76. The average molecular weight is 222 g/mol. The zero-order chi connectivity index (χ0) is 10.8. The van der Waals surface area contributed by atoms with E-state index in [2.05, 4.69) is 0 Å². The molecule has 0 saturated heterocycles. The molecule has 0 atom stereocenters. The number of hydrogen-bond acceptors (Lipinski definition) is 2. The molecule has 0 bridgehead atoms.